The van der Waals surface area contributed by atoms with Crippen LogP contribution in [0.3, 0.4) is 0 Å². The van der Waals surface area contributed by atoms with Crippen LogP contribution in [-0.4, -0.2) is 17.5 Å². The number of hydrogen-bond donors (Lipinski definition) is 2. The molecule has 6 heteroatoms. The van der Waals surface area contributed by atoms with Crippen LogP contribution in [0.5, 0.6) is 5.75 Å². The van der Waals surface area contributed by atoms with Crippen molar-refractivity contribution < 1.29 is 9.53 Å². The number of carbonyl (C=O) groups excluding carboxylic acids is 1. The number of rotatable bonds is 6. The van der Waals surface area contributed by atoms with Crippen LogP contribution in [0.1, 0.15) is 17.3 Å². The van der Waals surface area contributed by atoms with Crippen molar-refractivity contribution in [2.24, 2.45) is 0 Å². The molecule has 5 nitrogen and oxygen atoms in total. The van der Waals surface area contributed by atoms with Crippen LogP contribution >= 0.6 is 11.6 Å². The van der Waals surface area contributed by atoms with E-state index in [2.05, 4.69) is 15.6 Å². The van der Waals surface area contributed by atoms with Crippen molar-refractivity contribution in [3.63, 3.8) is 0 Å². The van der Waals surface area contributed by atoms with Crippen molar-refractivity contribution in [1.82, 2.24) is 4.98 Å². The fourth-order valence-electron chi connectivity index (χ4n) is 2.38. The maximum absolute atomic E-state index is 12.4. The SMILES string of the molecule is CCOc1ccccc1Nc1cncc(C(=O)Nc2ccc(Cl)cc2)c1. The summed E-state index contributed by atoms with van der Waals surface area (Å²) in [5.41, 5.74) is 2.62. The van der Waals surface area contributed by atoms with Crippen LogP contribution < -0.4 is 15.4 Å². The Bertz CT molecular complexity index is 898. The Balaban J connectivity index is 1.76. The summed E-state index contributed by atoms with van der Waals surface area (Å²) in [4.78, 5) is 16.6. The van der Waals surface area contributed by atoms with Gasteiger partial charge in [0.2, 0.25) is 0 Å². The van der Waals surface area contributed by atoms with E-state index in [-0.39, 0.29) is 5.91 Å². The Hall–Kier alpha value is -3.05. The largest absolute Gasteiger partial charge is 0.492 e. The van der Waals surface area contributed by atoms with Gasteiger partial charge in [0.05, 0.1) is 29.7 Å². The molecule has 0 atom stereocenters. The van der Waals surface area contributed by atoms with E-state index in [1.807, 2.05) is 31.2 Å². The van der Waals surface area contributed by atoms with Crippen LogP contribution in [0.4, 0.5) is 17.1 Å². The van der Waals surface area contributed by atoms with Crippen LogP contribution in [0.15, 0.2) is 67.0 Å². The molecule has 2 N–H and O–H groups in total. The molecule has 1 aromatic heterocycles. The van der Waals surface area contributed by atoms with Gasteiger partial charge in [0.25, 0.3) is 5.91 Å². The first kappa shape index (κ1) is 17.8. The van der Waals surface area contributed by atoms with Gasteiger partial charge in [-0.1, -0.05) is 23.7 Å². The summed E-state index contributed by atoms with van der Waals surface area (Å²) in [6.45, 7) is 2.50. The average Bonchev–Trinajstić information content (AvgIpc) is 2.66. The summed E-state index contributed by atoms with van der Waals surface area (Å²) < 4.78 is 5.60. The molecule has 0 aliphatic heterocycles. The number of pyridine rings is 1. The second-order valence-corrected chi connectivity index (χ2v) is 5.91. The summed E-state index contributed by atoms with van der Waals surface area (Å²) in [5, 5.41) is 6.67. The summed E-state index contributed by atoms with van der Waals surface area (Å²) in [6, 6.07) is 16.3. The van der Waals surface area contributed by atoms with Gasteiger partial charge in [0.15, 0.2) is 0 Å². The van der Waals surface area contributed by atoms with E-state index in [1.165, 1.54) is 6.20 Å². The number of halogens is 1. The van der Waals surface area contributed by atoms with Gasteiger partial charge < -0.3 is 15.4 Å². The molecule has 0 aliphatic rings. The molecule has 132 valence electrons. The van der Waals surface area contributed by atoms with E-state index in [4.69, 9.17) is 16.3 Å². The average molecular weight is 368 g/mol. The van der Waals surface area contributed by atoms with Gasteiger partial charge in [-0.3, -0.25) is 9.78 Å². The number of para-hydroxylation sites is 2. The third-order valence-corrected chi connectivity index (χ3v) is 3.82. The minimum absolute atomic E-state index is 0.249. The molecule has 1 heterocycles. The van der Waals surface area contributed by atoms with Gasteiger partial charge in [0, 0.05) is 16.9 Å². The van der Waals surface area contributed by atoms with E-state index >= 15 is 0 Å². The Morgan fingerprint density at radius 3 is 2.62 bits per heavy atom. The minimum Gasteiger partial charge on any atom is -0.492 e. The zero-order chi connectivity index (χ0) is 18.4. The number of aromatic nitrogens is 1. The molecule has 0 fully saturated rings. The van der Waals surface area contributed by atoms with Gasteiger partial charge in [-0.2, -0.15) is 0 Å². The number of anilines is 3. The second-order valence-electron chi connectivity index (χ2n) is 5.48. The molecular formula is C20H18ClN3O2. The molecule has 0 unspecified atom stereocenters. The summed E-state index contributed by atoms with van der Waals surface area (Å²) in [5.74, 6) is 0.493. The predicted octanol–water partition coefficient (Wildman–Crippen LogP) is 5.13. The molecular weight excluding hydrogens is 350 g/mol. The van der Waals surface area contributed by atoms with Gasteiger partial charge in [0.1, 0.15) is 5.75 Å². The highest BCUT2D eigenvalue weighted by Gasteiger charge is 2.09. The molecule has 26 heavy (non-hydrogen) atoms. The van der Waals surface area contributed by atoms with Gasteiger partial charge in [-0.05, 0) is 49.4 Å². The van der Waals surface area contributed by atoms with E-state index < -0.39 is 0 Å². The first-order valence-corrected chi connectivity index (χ1v) is 8.54. The zero-order valence-electron chi connectivity index (χ0n) is 14.2. The predicted molar refractivity (Wildman–Crippen MR) is 105 cm³/mol. The number of hydrogen-bond acceptors (Lipinski definition) is 4. The Labute approximate surface area is 157 Å². The summed E-state index contributed by atoms with van der Waals surface area (Å²) in [7, 11) is 0. The fraction of sp³-hybridized carbons (Fsp3) is 0.100. The molecule has 2 aromatic carbocycles. The van der Waals surface area contributed by atoms with Crippen molar-refractivity contribution in [2.75, 3.05) is 17.2 Å². The number of nitrogens with zero attached hydrogens (tertiary/aromatic N) is 1. The topological polar surface area (TPSA) is 63.2 Å². The molecule has 1 amide bonds. The quantitative estimate of drug-likeness (QED) is 0.634. The number of benzene rings is 2. The lowest BCUT2D eigenvalue weighted by molar-refractivity contribution is 0.102. The molecule has 0 saturated carbocycles. The molecule has 3 aromatic rings. The first-order valence-electron chi connectivity index (χ1n) is 8.16. The molecule has 0 aliphatic carbocycles. The lowest BCUT2D eigenvalue weighted by atomic mass is 10.2. The lowest BCUT2D eigenvalue weighted by Crippen LogP contribution is -2.12. The van der Waals surface area contributed by atoms with E-state index in [0.29, 0.717) is 28.6 Å². The maximum atomic E-state index is 12.4. The maximum Gasteiger partial charge on any atom is 0.257 e. The van der Waals surface area contributed by atoms with Gasteiger partial charge >= 0.3 is 0 Å². The number of amides is 1. The van der Waals surface area contributed by atoms with Crippen LogP contribution in [0.25, 0.3) is 0 Å². The second kappa shape index (κ2) is 8.36. The van der Waals surface area contributed by atoms with Gasteiger partial charge in [-0.15, -0.1) is 0 Å². The zero-order valence-corrected chi connectivity index (χ0v) is 15.0. The Kier molecular flexibility index (Phi) is 5.71. The van der Waals surface area contributed by atoms with Crippen LogP contribution in [0.2, 0.25) is 5.02 Å². The standard InChI is InChI=1S/C20H18ClN3O2/c1-2-26-19-6-4-3-5-18(19)23-17-11-14(12-22-13-17)20(25)24-16-9-7-15(21)8-10-16/h3-13,23H,2H2,1H3,(H,24,25). The third-order valence-electron chi connectivity index (χ3n) is 3.57. The summed E-state index contributed by atoms with van der Waals surface area (Å²) >= 11 is 5.86. The molecule has 0 saturated heterocycles. The van der Waals surface area contributed by atoms with E-state index in [0.717, 1.165) is 11.4 Å². The van der Waals surface area contributed by atoms with Crippen LogP contribution in [0, 0.1) is 0 Å². The lowest BCUT2D eigenvalue weighted by Gasteiger charge is -2.12. The Morgan fingerprint density at radius 1 is 1.08 bits per heavy atom. The van der Waals surface area contributed by atoms with Crippen molar-refractivity contribution in [2.45, 2.75) is 6.92 Å². The minimum atomic E-state index is -0.249. The molecule has 0 radical (unpaired) electrons. The normalized spacial score (nSPS) is 10.2. The third kappa shape index (κ3) is 4.52. The van der Waals surface area contributed by atoms with Crippen LogP contribution in [-0.2, 0) is 0 Å². The highest BCUT2D eigenvalue weighted by atomic mass is 35.5. The van der Waals surface area contributed by atoms with E-state index in [9.17, 15) is 4.79 Å². The van der Waals surface area contributed by atoms with Crippen molar-refractivity contribution in [3.05, 3.63) is 77.6 Å². The molecule has 0 spiro atoms. The molecule has 3 rings (SSSR count). The molecule has 0 bridgehead atoms. The number of nitrogens with one attached hydrogen (secondary N) is 2. The van der Waals surface area contributed by atoms with Gasteiger partial charge in [-0.25, -0.2) is 0 Å². The number of ether oxygens (including phenoxy) is 1. The Morgan fingerprint density at radius 2 is 1.85 bits per heavy atom. The van der Waals surface area contributed by atoms with Crippen molar-refractivity contribution in [1.29, 1.82) is 0 Å². The highest BCUT2D eigenvalue weighted by molar-refractivity contribution is 6.30. The smallest absolute Gasteiger partial charge is 0.257 e. The summed E-state index contributed by atoms with van der Waals surface area (Å²) in [6.07, 6.45) is 3.17. The fourth-order valence-corrected chi connectivity index (χ4v) is 2.50. The number of carbonyl (C=O) groups is 1. The monoisotopic (exact) mass is 367 g/mol. The first-order chi connectivity index (χ1) is 12.7. The van der Waals surface area contributed by atoms with Crippen molar-refractivity contribution >= 4 is 34.6 Å². The van der Waals surface area contributed by atoms with Crippen molar-refractivity contribution in [3.8, 4) is 5.75 Å². The van der Waals surface area contributed by atoms with E-state index in [1.54, 1.807) is 36.5 Å². The highest BCUT2D eigenvalue weighted by Crippen LogP contribution is 2.27.